The summed E-state index contributed by atoms with van der Waals surface area (Å²) in [4.78, 5) is 11.2. The van der Waals surface area contributed by atoms with Crippen LogP contribution in [0, 0.1) is 19.3 Å². The van der Waals surface area contributed by atoms with Gasteiger partial charge in [-0.3, -0.25) is 20.3 Å². The summed E-state index contributed by atoms with van der Waals surface area (Å²) in [6.45, 7) is 5.25. The van der Waals surface area contributed by atoms with Gasteiger partial charge in [0.05, 0.1) is 5.71 Å². The molecule has 1 amide bonds. The second-order valence-electron chi connectivity index (χ2n) is 3.02. The molecule has 1 heterocycles. The SMILES string of the molecule is CC(=N)C(=O)Nn1c(C)ccc1C. The quantitative estimate of drug-likeness (QED) is 0.659. The smallest absolute Gasteiger partial charge is 0.283 e. The Hall–Kier alpha value is -1.58. The minimum atomic E-state index is -0.373. The normalized spacial score (nSPS) is 9.77. The number of carbonyl (C=O) groups excluding carboxylic acids is 1. The minimum absolute atomic E-state index is 0.00694. The Morgan fingerprint density at radius 1 is 1.38 bits per heavy atom. The summed E-state index contributed by atoms with van der Waals surface area (Å²) in [6.07, 6.45) is 0. The van der Waals surface area contributed by atoms with E-state index in [-0.39, 0.29) is 11.6 Å². The molecule has 4 nitrogen and oxygen atoms in total. The van der Waals surface area contributed by atoms with Gasteiger partial charge in [0, 0.05) is 11.4 Å². The number of hydrogen-bond acceptors (Lipinski definition) is 2. The van der Waals surface area contributed by atoms with Crippen LogP contribution in [0.15, 0.2) is 12.1 Å². The second-order valence-corrected chi connectivity index (χ2v) is 3.02. The molecule has 0 aliphatic carbocycles. The van der Waals surface area contributed by atoms with Gasteiger partial charge in [0.25, 0.3) is 5.91 Å². The zero-order chi connectivity index (χ0) is 10.0. The van der Waals surface area contributed by atoms with E-state index in [1.54, 1.807) is 4.68 Å². The highest BCUT2D eigenvalue weighted by Crippen LogP contribution is 2.03. The van der Waals surface area contributed by atoms with E-state index in [1.807, 2.05) is 26.0 Å². The third-order valence-corrected chi connectivity index (χ3v) is 1.83. The fraction of sp³-hybridized carbons (Fsp3) is 0.333. The summed E-state index contributed by atoms with van der Waals surface area (Å²) in [5, 5.41) is 7.12. The van der Waals surface area contributed by atoms with E-state index in [9.17, 15) is 4.79 Å². The highest BCUT2D eigenvalue weighted by molar-refractivity contribution is 6.39. The van der Waals surface area contributed by atoms with E-state index in [0.29, 0.717) is 0 Å². The number of rotatable bonds is 2. The van der Waals surface area contributed by atoms with Crippen LogP contribution < -0.4 is 5.43 Å². The number of carbonyl (C=O) groups is 1. The van der Waals surface area contributed by atoms with Crippen LogP contribution in [0.4, 0.5) is 0 Å². The lowest BCUT2D eigenvalue weighted by molar-refractivity contribution is -0.111. The van der Waals surface area contributed by atoms with Crippen LogP contribution in [0.2, 0.25) is 0 Å². The van der Waals surface area contributed by atoms with Crippen LogP contribution >= 0.6 is 0 Å². The number of hydrogen-bond donors (Lipinski definition) is 2. The van der Waals surface area contributed by atoms with Gasteiger partial charge in [-0.25, -0.2) is 0 Å². The van der Waals surface area contributed by atoms with E-state index in [1.165, 1.54) is 6.92 Å². The molecule has 0 fully saturated rings. The van der Waals surface area contributed by atoms with Crippen LogP contribution in [0.1, 0.15) is 18.3 Å². The Bertz CT molecular complexity index is 332. The third kappa shape index (κ3) is 1.96. The molecule has 0 radical (unpaired) electrons. The largest absolute Gasteiger partial charge is 0.300 e. The zero-order valence-corrected chi connectivity index (χ0v) is 8.01. The van der Waals surface area contributed by atoms with Crippen molar-refractivity contribution in [1.29, 1.82) is 5.41 Å². The predicted octanol–water partition coefficient (Wildman–Crippen LogP) is 1.21. The van der Waals surface area contributed by atoms with Gasteiger partial charge in [-0.2, -0.15) is 0 Å². The van der Waals surface area contributed by atoms with E-state index in [4.69, 9.17) is 5.41 Å². The predicted molar refractivity (Wildman–Crippen MR) is 51.7 cm³/mol. The maximum atomic E-state index is 11.2. The number of amides is 1. The number of nitrogens with one attached hydrogen (secondary N) is 2. The van der Waals surface area contributed by atoms with Gasteiger partial charge in [0.2, 0.25) is 0 Å². The molecule has 0 aliphatic rings. The standard InChI is InChI=1S/C9H13N3O/c1-6-4-5-7(2)12(6)11-9(13)8(3)10/h4-5,10H,1-3H3,(H,11,13). The minimum Gasteiger partial charge on any atom is -0.300 e. The van der Waals surface area contributed by atoms with Crippen molar-refractivity contribution in [3.63, 3.8) is 0 Å². The zero-order valence-electron chi connectivity index (χ0n) is 8.01. The summed E-state index contributed by atoms with van der Waals surface area (Å²) in [6, 6.07) is 3.82. The van der Waals surface area contributed by atoms with Crippen molar-refractivity contribution in [2.75, 3.05) is 5.43 Å². The Morgan fingerprint density at radius 3 is 2.23 bits per heavy atom. The summed E-state index contributed by atoms with van der Waals surface area (Å²) >= 11 is 0. The Kier molecular flexibility index (Phi) is 2.51. The number of aryl methyl sites for hydroxylation is 2. The Balaban J connectivity index is 2.85. The van der Waals surface area contributed by atoms with Gasteiger partial charge in [0.1, 0.15) is 0 Å². The van der Waals surface area contributed by atoms with Crippen LogP contribution in [0.25, 0.3) is 0 Å². The van der Waals surface area contributed by atoms with Crippen LogP contribution in [0.3, 0.4) is 0 Å². The molecule has 1 aromatic heterocycles. The molecule has 0 saturated carbocycles. The van der Waals surface area contributed by atoms with Crippen molar-refractivity contribution < 1.29 is 4.79 Å². The monoisotopic (exact) mass is 179 g/mol. The number of aromatic nitrogens is 1. The molecule has 1 rings (SSSR count). The lowest BCUT2D eigenvalue weighted by atomic mass is 10.4. The van der Waals surface area contributed by atoms with Crippen LogP contribution in [0.5, 0.6) is 0 Å². The fourth-order valence-electron chi connectivity index (χ4n) is 1.03. The molecule has 0 aliphatic heterocycles. The maximum absolute atomic E-state index is 11.2. The summed E-state index contributed by atoms with van der Waals surface area (Å²) in [7, 11) is 0. The molecule has 70 valence electrons. The molecule has 0 unspecified atom stereocenters. The van der Waals surface area contributed by atoms with Gasteiger partial charge < -0.3 is 0 Å². The Labute approximate surface area is 77.0 Å². The molecule has 0 spiro atoms. The number of nitrogens with zero attached hydrogens (tertiary/aromatic N) is 1. The van der Waals surface area contributed by atoms with E-state index < -0.39 is 0 Å². The maximum Gasteiger partial charge on any atom is 0.283 e. The molecule has 2 N–H and O–H groups in total. The third-order valence-electron chi connectivity index (χ3n) is 1.83. The van der Waals surface area contributed by atoms with Gasteiger partial charge >= 0.3 is 0 Å². The van der Waals surface area contributed by atoms with E-state index >= 15 is 0 Å². The van der Waals surface area contributed by atoms with Crippen LogP contribution in [-0.2, 0) is 4.79 Å². The highest BCUT2D eigenvalue weighted by atomic mass is 16.2. The average Bonchev–Trinajstić information content (AvgIpc) is 2.35. The van der Waals surface area contributed by atoms with E-state index in [2.05, 4.69) is 5.43 Å². The molecule has 4 heteroatoms. The molecule has 0 aromatic carbocycles. The summed E-state index contributed by atoms with van der Waals surface area (Å²) < 4.78 is 1.67. The van der Waals surface area contributed by atoms with Crippen molar-refractivity contribution in [3.8, 4) is 0 Å². The summed E-state index contributed by atoms with van der Waals surface area (Å²) in [5.41, 5.74) is 4.52. The van der Waals surface area contributed by atoms with Gasteiger partial charge in [-0.05, 0) is 32.9 Å². The second kappa shape index (κ2) is 3.43. The van der Waals surface area contributed by atoms with Crippen molar-refractivity contribution in [3.05, 3.63) is 23.5 Å². The lowest BCUT2D eigenvalue weighted by Crippen LogP contribution is -2.29. The van der Waals surface area contributed by atoms with Crippen LogP contribution in [-0.4, -0.2) is 16.3 Å². The average molecular weight is 179 g/mol. The molecular weight excluding hydrogens is 166 g/mol. The van der Waals surface area contributed by atoms with Crippen molar-refractivity contribution in [1.82, 2.24) is 4.68 Å². The molecule has 1 aromatic rings. The first-order chi connectivity index (χ1) is 6.02. The van der Waals surface area contributed by atoms with Crippen molar-refractivity contribution in [2.45, 2.75) is 20.8 Å². The van der Waals surface area contributed by atoms with Gasteiger partial charge in [-0.15, -0.1) is 0 Å². The lowest BCUT2D eigenvalue weighted by Gasteiger charge is -2.09. The Morgan fingerprint density at radius 2 is 1.85 bits per heavy atom. The van der Waals surface area contributed by atoms with Gasteiger partial charge in [-0.1, -0.05) is 0 Å². The van der Waals surface area contributed by atoms with Gasteiger partial charge in [0.15, 0.2) is 0 Å². The first-order valence-corrected chi connectivity index (χ1v) is 4.04. The molecule has 0 atom stereocenters. The van der Waals surface area contributed by atoms with Crippen molar-refractivity contribution in [2.24, 2.45) is 0 Å². The highest BCUT2D eigenvalue weighted by Gasteiger charge is 2.06. The molecular formula is C9H13N3O. The fourth-order valence-corrected chi connectivity index (χ4v) is 1.03. The topological polar surface area (TPSA) is 57.9 Å². The van der Waals surface area contributed by atoms with Crippen molar-refractivity contribution >= 4 is 11.6 Å². The molecule has 0 bridgehead atoms. The summed E-state index contributed by atoms with van der Waals surface area (Å²) in [5.74, 6) is -0.373. The first-order valence-electron chi connectivity index (χ1n) is 4.04. The molecule has 13 heavy (non-hydrogen) atoms. The molecule has 0 saturated heterocycles. The van der Waals surface area contributed by atoms with E-state index in [0.717, 1.165) is 11.4 Å². The first kappa shape index (κ1) is 9.51.